The minimum Gasteiger partial charge on any atom is -0.377 e. The van der Waals surface area contributed by atoms with E-state index in [-0.39, 0.29) is 28.5 Å². The highest BCUT2D eigenvalue weighted by Crippen LogP contribution is 3.09. The van der Waals surface area contributed by atoms with Gasteiger partial charge in [0.15, 0.2) is 11.6 Å². The summed E-state index contributed by atoms with van der Waals surface area (Å²) in [4.78, 5) is 25.6. The molecule has 0 amide bonds. The molecule has 0 spiro atoms. The number of hydrogen-bond donors (Lipinski definition) is 0. The highest BCUT2D eigenvalue weighted by molar-refractivity contribution is 6.27. The van der Waals surface area contributed by atoms with Gasteiger partial charge in [-0.25, -0.2) is 0 Å². The van der Waals surface area contributed by atoms with Crippen LogP contribution in [0.5, 0.6) is 0 Å². The highest BCUT2D eigenvalue weighted by Gasteiger charge is 3.11. The van der Waals surface area contributed by atoms with Gasteiger partial charge in [-0.3, -0.25) is 9.59 Å². The van der Waals surface area contributed by atoms with Gasteiger partial charge in [0.25, 0.3) is 0 Å². The molecule has 104 valence electrons. The lowest BCUT2D eigenvalue weighted by Gasteiger charge is -3.11. The fourth-order valence-corrected chi connectivity index (χ4v) is 8.29. The number of ketones is 2. The molecule has 7 aliphatic carbocycles. The number of Topliss-reactive ketones (excluding diaryl/α,β-unsaturated/α-hetero) is 2. The lowest BCUT2D eigenvalue weighted by atomic mass is 8.93. The number of benzene rings is 1. The summed E-state index contributed by atoms with van der Waals surface area (Å²) in [5, 5.41) is 0. The number of hydrogen-bond acceptors (Lipinski definition) is 3. The summed E-state index contributed by atoms with van der Waals surface area (Å²) >= 11 is 0. The van der Waals surface area contributed by atoms with Crippen molar-refractivity contribution in [2.75, 3.05) is 7.11 Å². The van der Waals surface area contributed by atoms with E-state index in [0.29, 0.717) is 46.6 Å². The van der Waals surface area contributed by atoms with E-state index in [1.165, 1.54) is 0 Å². The smallest absolute Gasteiger partial charge is 0.175 e. The Morgan fingerprint density at radius 1 is 0.857 bits per heavy atom. The summed E-state index contributed by atoms with van der Waals surface area (Å²) in [5.41, 5.74) is 1.59. The number of ether oxygens (including phenoxy) is 1. The average Bonchev–Trinajstić information content (AvgIpc) is 2.79. The van der Waals surface area contributed by atoms with Gasteiger partial charge in [-0.05, 0) is 40.9 Å². The minimum atomic E-state index is -0.353. The number of carbonyl (C=O) groups excluding carboxylic acids is 2. The van der Waals surface area contributed by atoms with Gasteiger partial charge in [0.2, 0.25) is 0 Å². The predicted molar refractivity (Wildman–Crippen MR) is 71.7 cm³/mol. The van der Waals surface area contributed by atoms with Gasteiger partial charge in [0.1, 0.15) is 0 Å². The Kier molecular flexibility index (Phi) is 1.18. The Bertz CT molecular complexity index is 718. The molecule has 3 nitrogen and oxygen atoms in total. The van der Waals surface area contributed by atoms with Crippen LogP contribution in [-0.2, 0) is 4.74 Å². The number of methoxy groups -OCH3 is 1. The van der Waals surface area contributed by atoms with Crippen LogP contribution in [0.3, 0.4) is 0 Å². The van der Waals surface area contributed by atoms with Crippen molar-refractivity contribution in [2.45, 2.75) is 5.60 Å². The second-order valence-electron chi connectivity index (χ2n) is 7.92. The summed E-state index contributed by atoms with van der Waals surface area (Å²) in [7, 11) is 1.84. The third-order valence-electron chi connectivity index (χ3n) is 8.45. The third kappa shape index (κ3) is 0.566. The molecule has 7 aliphatic rings. The summed E-state index contributed by atoms with van der Waals surface area (Å²) < 4.78 is 5.81. The number of rotatable bonds is 2. The fourth-order valence-electron chi connectivity index (χ4n) is 8.29. The van der Waals surface area contributed by atoms with Crippen molar-refractivity contribution in [3.8, 4) is 0 Å². The quantitative estimate of drug-likeness (QED) is 0.775. The molecule has 0 aliphatic heterocycles. The molecule has 1 aromatic rings. The Morgan fingerprint density at radius 2 is 1.33 bits per heavy atom. The molecule has 0 radical (unpaired) electrons. The first-order valence-corrected chi connectivity index (χ1v) is 7.95. The zero-order chi connectivity index (χ0) is 13.9. The second-order valence-corrected chi connectivity index (χ2v) is 7.92. The van der Waals surface area contributed by atoms with Gasteiger partial charge in [-0.15, -0.1) is 0 Å². The van der Waals surface area contributed by atoms with Crippen LogP contribution in [0.4, 0.5) is 0 Å². The molecule has 0 atom stereocenters. The van der Waals surface area contributed by atoms with Crippen molar-refractivity contribution < 1.29 is 14.3 Å². The Labute approximate surface area is 121 Å². The van der Waals surface area contributed by atoms with Gasteiger partial charge in [0, 0.05) is 18.2 Å². The second kappa shape index (κ2) is 2.41. The highest BCUT2D eigenvalue weighted by atomic mass is 16.5. The molecule has 3 heteroatoms. The standard InChI is InChI=1S/C18H14O3/c1-21-18-11-8-12(18)10-13(18)9(11)17(8,10)14-15(19)6-4-2-3-5-7(6)16(14)20/h2-5,8-14H,1H3. The molecule has 0 saturated heterocycles. The van der Waals surface area contributed by atoms with E-state index in [9.17, 15) is 9.59 Å². The van der Waals surface area contributed by atoms with E-state index >= 15 is 0 Å². The molecule has 0 N–H and O–H groups in total. The van der Waals surface area contributed by atoms with E-state index in [1.54, 1.807) is 0 Å². The van der Waals surface area contributed by atoms with Crippen molar-refractivity contribution in [1.29, 1.82) is 0 Å². The van der Waals surface area contributed by atoms with Crippen LogP contribution in [-0.4, -0.2) is 24.3 Å². The van der Waals surface area contributed by atoms with Crippen molar-refractivity contribution in [2.24, 2.45) is 46.8 Å². The van der Waals surface area contributed by atoms with Crippen LogP contribution in [0.2, 0.25) is 0 Å². The van der Waals surface area contributed by atoms with Crippen LogP contribution in [0, 0.1) is 46.8 Å². The lowest BCUT2D eigenvalue weighted by Crippen LogP contribution is -3.14. The van der Waals surface area contributed by atoms with Gasteiger partial charge < -0.3 is 4.74 Å². The molecular weight excluding hydrogens is 264 g/mol. The maximum Gasteiger partial charge on any atom is 0.175 e. The first kappa shape index (κ1) is 10.3. The van der Waals surface area contributed by atoms with Gasteiger partial charge in [-0.2, -0.15) is 0 Å². The van der Waals surface area contributed by atoms with E-state index in [0.717, 1.165) is 0 Å². The van der Waals surface area contributed by atoms with Gasteiger partial charge in [0.05, 0.1) is 11.5 Å². The largest absolute Gasteiger partial charge is 0.377 e. The number of carbonyl (C=O) groups is 2. The lowest BCUT2D eigenvalue weighted by molar-refractivity contribution is -0.667. The monoisotopic (exact) mass is 278 g/mol. The van der Waals surface area contributed by atoms with Gasteiger partial charge >= 0.3 is 0 Å². The maximum absolute atomic E-state index is 12.8. The minimum absolute atomic E-state index is 0.0630. The first-order valence-electron chi connectivity index (χ1n) is 7.95. The van der Waals surface area contributed by atoms with Crippen molar-refractivity contribution in [1.82, 2.24) is 0 Å². The van der Waals surface area contributed by atoms with E-state index < -0.39 is 0 Å². The molecular formula is C18H14O3. The molecule has 6 fully saturated rings. The average molecular weight is 278 g/mol. The molecule has 0 unspecified atom stereocenters. The molecule has 0 aromatic heterocycles. The van der Waals surface area contributed by atoms with E-state index in [4.69, 9.17) is 4.74 Å². The Hall–Kier alpha value is -1.48. The molecule has 21 heavy (non-hydrogen) atoms. The molecule has 8 rings (SSSR count). The number of fused-ring (bicyclic) bond motifs is 1. The van der Waals surface area contributed by atoms with Crippen molar-refractivity contribution in [3.05, 3.63) is 35.4 Å². The Balaban J connectivity index is 1.36. The Morgan fingerprint density at radius 3 is 1.76 bits per heavy atom. The summed E-state index contributed by atoms with van der Waals surface area (Å²) in [6.07, 6.45) is 0. The normalized spacial score (nSPS) is 59.3. The zero-order valence-corrected chi connectivity index (χ0v) is 11.6. The van der Waals surface area contributed by atoms with Crippen LogP contribution in [0.25, 0.3) is 0 Å². The third-order valence-corrected chi connectivity index (χ3v) is 8.45. The maximum atomic E-state index is 12.8. The van der Waals surface area contributed by atoms with E-state index in [1.807, 2.05) is 31.4 Å². The van der Waals surface area contributed by atoms with Crippen molar-refractivity contribution >= 4 is 11.6 Å². The van der Waals surface area contributed by atoms with E-state index in [2.05, 4.69) is 0 Å². The topological polar surface area (TPSA) is 43.4 Å². The molecule has 6 saturated carbocycles. The summed E-state index contributed by atoms with van der Waals surface area (Å²) in [5.74, 6) is 3.73. The molecule has 1 aromatic carbocycles. The first-order chi connectivity index (χ1) is 10.2. The zero-order valence-electron chi connectivity index (χ0n) is 11.6. The summed E-state index contributed by atoms with van der Waals surface area (Å²) in [6, 6.07) is 7.39. The van der Waals surface area contributed by atoms with Gasteiger partial charge in [-0.1, -0.05) is 24.3 Å². The molecule has 0 bridgehead atoms. The predicted octanol–water partition coefficient (Wildman–Crippen LogP) is 1.82. The SMILES string of the molecule is COC12C3C4C1C1C2C3C41C1C(=O)c2ccccc2C1=O. The van der Waals surface area contributed by atoms with Crippen LogP contribution in [0.15, 0.2) is 24.3 Å². The fraction of sp³-hybridized carbons (Fsp3) is 0.556. The van der Waals surface area contributed by atoms with Crippen LogP contribution < -0.4 is 0 Å². The molecule has 0 heterocycles. The van der Waals surface area contributed by atoms with Crippen molar-refractivity contribution in [3.63, 3.8) is 0 Å². The van der Waals surface area contributed by atoms with Crippen LogP contribution in [0.1, 0.15) is 20.7 Å². The van der Waals surface area contributed by atoms with Crippen LogP contribution >= 0.6 is 0 Å². The summed E-state index contributed by atoms with van der Waals surface area (Å²) in [6.45, 7) is 0.